The molecule has 3 N–H and O–H groups in total. The predicted molar refractivity (Wildman–Crippen MR) is 117 cm³/mol. The molecular weight excluding hydrogens is 386 g/mol. The first-order valence-electron chi connectivity index (χ1n) is 9.72. The standard InChI is InChI=1S/C21H27N5O2S/c1-17(25-21(22)24-16-18-9-8-14-23-15-18)26(19-10-4-2-5-11-19)29(27,28)20-12-6-3-7-13-20/h2-7,10-13,18,23H,8-9,14-16H2,1H3,(H2,22,24)/b25-17+. The first kappa shape index (κ1) is 21.0. The highest BCUT2D eigenvalue weighted by Crippen LogP contribution is 2.24. The van der Waals surface area contributed by atoms with Gasteiger partial charge < -0.3 is 10.6 Å². The minimum atomic E-state index is -3.87. The number of aliphatic imine (C=N–C) groups is 1. The van der Waals surface area contributed by atoms with E-state index in [4.69, 9.17) is 5.41 Å². The lowest BCUT2D eigenvalue weighted by molar-refractivity contribution is 0.375. The predicted octanol–water partition coefficient (Wildman–Crippen LogP) is 2.82. The van der Waals surface area contributed by atoms with Crippen molar-refractivity contribution in [1.82, 2.24) is 10.6 Å². The van der Waals surface area contributed by atoms with E-state index in [2.05, 4.69) is 15.6 Å². The van der Waals surface area contributed by atoms with Crippen molar-refractivity contribution >= 4 is 27.5 Å². The molecule has 1 fully saturated rings. The van der Waals surface area contributed by atoms with E-state index in [1.807, 2.05) is 6.07 Å². The van der Waals surface area contributed by atoms with Crippen LogP contribution in [0.25, 0.3) is 0 Å². The monoisotopic (exact) mass is 413 g/mol. The van der Waals surface area contributed by atoms with Gasteiger partial charge in [0.1, 0.15) is 5.84 Å². The van der Waals surface area contributed by atoms with Crippen LogP contribution in [-0.2, 0) is 10.0 Å². The number of para-hydroxylation sites is 1. The van der Waals surface area contributed by atoms with Crippen molar-refractivity contribution in [2.45, 2.75) is 24.7 Å². The van der Waals surface area contributed by atoms with Crippen molar-refractivity contribution in [1.29, 1.82) is 5.41 Å². The SMILES string of the molecule is C/C(=N\C(=N)NCC1CCCNC1)N(c1ccccc1)S(=O)(=O)c1ccccc1. The van der Waals surface area contributed by atoms with E-state index in [9.17, 15) is 8.42 Å². The second kappa shape index (κ2) is 9.67. The Hall–Kier alpha value is -2.71. The van der Waals surface area contributed by atoms with E-state index >= 15 is 0 Å². The van der Waals surface area contributed by atoms with Crippen LogP contribution in [0.2, 0.25) is 0 Å². The van der Waals surface area contributed by atoms with Crippen molar-refractivity contribution in [3.8, 4) is 0 Å². The van der Waals surface area contributed by atoms with Gasteiger partial charge in [-0.25, -0.2) is 12.7 Å². The molecule has 3 rings (SSSR count). The Kier molecular flexibility index (Phi) is 7.00. The fourth-order valence-electron chi connectivity index (χ4n) is 3.35. The number of anilines is 1. The highest BCUT2D eigenvalue weighted by Gasteiger charge is 2.27. The number of amidine groups is 1. The van der Waals surface area contributed by atoms with Crippen LogP contribution in [0, 0.1) is 11.3 Å². The van der Waals surface area contributed by atoms with E-state index in [0.29, 0.717) is 18.2 Å². The molecule has 7 nitrogen and oxygen atoms in total. The Morgan fingerprint density at radius 3 is 2.45 bits per heavy atom. The summed E-state index contributed by atoms with van der Waals surface area (Å²) < 4.78 is 27.8. The zero-order valence-electron chi connectivity index (χ0n) is 16.5. The summed E-state index contributed by atoms with van der Waals surface area (Å²) in [5.74, 6) is 0.606. The number of sulfonamides is 1. The van der Waals surface area contributed by atoms with Crippen LogP contribution in [0.15, 0.2) is 70.6 Å². The summed E-state index contributed by atoms with van der Waals surface area (Å²) in [4.78, 5) is 4.42. The first-order valence-corrected chi connectivity index (χ1v) is 11.2. The Labute approximate surface area is 172 Å². The van der Waals surface area contributed by atoms with E-state index in [1.165, 1.54) is 4.31 Å². The van der Waals surface area contributed by atoms with Crippen LogP contribution in [0.3, 0.4) is 0 Å². The van der Waals surface area contributed by atoms with E-state index in [0.717, 1.165) is 25.9 Å². The summed E-state index contributed by atoms with van der Waals surface area (Å²) in [5, 5.41) is 14.5. The molecule has 1 aliphatic heterocycles. The molecule has 29 heavy (non-hydrogen) atoms. The molecule has 154 valence electrons. The zero-order chi connectivity index (χ0) is 20.7. The molecule has 1 heterocycles. The number of hydrogen-bond acceptors (Lipinski definition) is 4. The maximum Gasteiger partial charge on any atom is 0.269 e. The average molecular weight is 414 g/mol. The molecule has 2 aromatic rings. The molecule has 1 aliphatic rings. The molecule has 8 heteroatoms. The van der Waals surface area contributed by atoms with Crippen molar-refractivity contribution in [2.75, 3.05) is 23.9 Å². The fourth-order valence-corrected chi connectivity index (χ4v) is 4.85. The number of benzene rings is 2. The molecular formula is C21H27N5O2S. The third-order valence-corrected chi connectivity index (χ3v) is 6.62. The van der Waals surface area contributed by atoms with Crippen molar-refractivity contribution < 1.29 is 8.42 Å². The van der Waals surface area contributed by atoms with Crippen LogP contribution in [0.4, 0.5) is 5.69 Å². The number of rotatable bonds is 5. The number of nitrogens with one attached hydrogen (secondary N) is 3. The van der Waals surface area contributed by atoms with Gasteiger partial charge in [0, 0.05) is 6.54 Å². The van der Waals surface area contributed by atoms with Crippen LogP contribution >= 0.6 is 0 Å². The zero-order valence-corrected chi connectivity index (χ0v) is 17.3. The second-order valence-corrected chi connectivity index (χ2v) is 8.81. The highest BCUT2D eigenvalue weighted by atomic mass is 32.2. The molecule has 0 spiro atoms. The van der Waals surface area contributed by atoms with Gasteiger partial charge in [-0.2, -0.15) is 4.99 Å². The molecule has 0 radical (unpaired) electrons. The second-order valence-electron chi connectivity index (χ2n) is 7.02. The topological polar surface area (TPSA) is 97.7 Å². The molecule has 0 aliphatic carbocycles. The molecule has 0 bridgehead atoms. The summed E-state index contributed by atoms with van der Waals surface area (Å²) in [5.41, 5.74) is 0.474. The Morgan fingerprint density at radius 2 is 1.83 bits per heavy atom. The van der Waals surface area contributed by atoms with Gasteiger partial charge >= 0.3 is 0 Å². The first-order chi connectivity index (χ1) is 14.0. The molecule has 0 aromatic heterocycles. The third kappa shape index (κ3) is 5.42. The number of piperidine rings is 1. The van der Waals surface area contributed by atoms with E-state index < -0.39 is 10.0 Å². The maximum atomic E-state index is 13.3. The lowest BCUT2D eigenvalue weighted by atomic mass is 10.00. The summed E-state index contributed by atoms with van der Waals surface area (Å²) >= 11 is 0. The van der Waals surface area contributed by atoms with Gasteiger partial charge in [-0.15, -0.1) is 0 Å². The fraction of sp³-hybridized carbons (Fsp3) is 0.333. The Bertz CT molecular complexity index is 940. The summed E-state index contributed by atoms with van der Waals surface area (Å²) in [6, 6.07) is 17.0. The van der Waals surface area contributed by atoms with Crippen molar-refractivity contribution in [3.63, 3.8) is 0 Å². The maximum absolute atomic E-state index is 13.3. The summed E-state index contributed by atoms with van der Waals surface area (Å²) in [6.45, 7) is 4.20. The number of hydrogen-bond donors (Lipinski definition) is 3. The minimum Gasteiger partial charge on any atom is -0.354 e. The molecule has 1 atom stereocenters. The molecule has 0 saturated carbocycles. The van der Waals surface area contributed by atoms with Crippen LogP contribution in [0.5, 0.6) is 0 Å². The smallest absolute Gasteiger partial charge is 0.269 e. The molecule has 1 unspecified atom stereocenters. The van der Waals surface area contributed by atoms with Crippen LogP contribution < -0.4 is 14.9 Å². The van der Waals surface area contributed by atoms with Crippen molar-refractivity contribution in [3.05, 3.63) is 60.7 Å². The normalized spacial score (nSPS) is 17.6. The van der Waals surface area contributed by atoms with Gasteiger partial charge in [-0.05, 0) is 63.0 Å². The van der Waals surface area contributed by atoms with Gasteiger partial charge in [-0.3, -0.25) is 5.41 Å². The molecule has 1 saturated heterocycles. The number of nitrogens with zero attached hydrogens (tertiary/aromatic N) is 2. The lowest BCUT2D eigenvalue weighted by Gasteiger charge is -2.25. The van der Waals surface area contributed by atoms with Crippen LogP contribution in [-0.4, -0.2) is 39.8 Å². The third-order valence-electron chi connectivity index (χ3n) is 4.80. The quantitative estimate of drug-likeness (QED) is 0.519. The molecule has 2 aromatic carbocycles. The molecule has 0 amide bonds. The van der Waals surface area contributed by atoms with Gasteiger partial charge in [0.25, 0.3) is 10.0 Å². The van der Waals surface area contributed by atoms with Gasteiger partial charge in [0.05, 0.1) is 10.6 Å². The Morgan fingerprint density at radius 1 is 1.17 bits per heavy atom. The van der Waals surface area contributed by atoms with Crippen LogP contribution in [0.1, 0.15) is 19.8 Å². The largest absolute Gasteiger partial charge is 0.354 e. The summed E-state index contributed by atoms with van der Waals surface area (Å²) in [7, 11) is -3.87. The van der Waals surface area contributed by atoms with E-state index in [-0.39, 0.29) is 16.7 Å². The van der Waals surface area contributed by atoms with E-state index in [1.54, 1.807) is 61.5 Å². The average Bonchev–Trinajstić information content (AvgIpc) is 2.74. The highest BCUT2D eigenvalue weighted by molar-refractivity contribution is 7.93. The number of guanidine groups is 1. The lowest BCUT2D eigenvalue weighted by Crippen LogP contribution is -2.39. The van der Waals surface area contributed by atoms with Gasteiger partial charge in [0.2, 0.25) is 5.96 Å². The van der Waals surface area contributed by atoms with Gasteiger partial charge in [-0.1, -0.05) is 36.4 Å². The van der Waals surface area contributed by atoms with Gasteiger partial charge in [0.15, 0.2) is 0 Å². The van der Waals surface area contributed by atoms with Crippen molar-refractivity contribution in [2.24, 2.45) is 10.9 Å². The Balaban J connectivity index is 1.84. The summed E-state index contributed by atoms with van der Waals surface area (Å²) in [6.07, 6.45) is 2.23. The minimum absolute atomic E-state index is 0.0442.